The molecular formula is C20H23NO5S. The molecule has 7 heteroatoms. The van der Waals surface area contributed by atoms with Gasteiger partial charge in [-0.15, -0.1) is 0 Å². The number of rotatable bonds is 8. The molecule has 0 bridgehead atoms. The Labute approximate surface area is 159 Å². The lowest BCUT2D eigenvalue weighted by Crippen LogP contribution is -2.38. The van der Waals surface area contributed by atoms with Gasteiger partial charge in [-0.05, 0) is 43.7 Å². The maximum Gasteiger partial charge on any atom is 0.305 e. The molecule has 0 aliphatic carbocycles. The van der Waals surface area contributed by atoms with Gasteiger partial charge in [0.2, 0.25) is 0 Å². The Hall–Kier alpha value is -2.67. The molecule has 0 radical (unpaired) electrons. The van der Waals surface area contributed by atoms with Crippen LogP contribution >= 0.6 is 0 Å². The summed E-state index contributed by atoms with van der Waals surface area (Å²) in [5.41, 5.74) is 0.849. The molecule has 6 nitrogen and oxygen atoms in total. The van der Waals surface area contributed by atoms with E-state index in [1.165, 1.54) is 17.0 Å². The van der Waals surface area contributed by atoms with Crippen molar-refractivity contribution in [2.75, 3.05) is 6.54 Å². The summed E-state index contributed by atoms with van der Waals surface area (Å²) in [5, 5.41) is 8.87. The first-order valence-corrected chi connectivity index (χ1v) is 10.3. The molecule has 2 aromatic carbocycles. The highest BCUT2D eigenvalue weighted by Gasteiger charge is 2.21. The number of hydrogen-bond donors (Lipinski definition) is 1. The van der Waals surface area contributed by atoms with E-state index in [4.69, 9.17) is 5.11 Å². The number of aliphatic carboxylic acids is 1. The van der Waals surface area contributed by atoms with Crippen molar-refractivity contribution < 1.29 is 23.1 Å². The summed E-state index contributed by atoms with van der Waals surface area (Å²) in [6, 6.07) is 14.4. The van der Waals surface area contributed by atoms with Gasteiger partial charge in [-0.3, -0.25) is 9.59 Å². The maximum absolute atomic E-state index is 12.8. The van der Waals surface area contributed by atoms with E-state index in [2.05, 4.69) is 0 Å². The van der Waals surface area contributed by atoms with Gasteiger partial charge in [-0.2, -0.15) is 0 Å². The number of carbonyl (C=O) groups is 2. The van der Waals surface area contributed by atoms with Gasteiger partial charge in [-0.25, -0.2) is 8.42 Å². The number of carboxylic acids is 1. The summed E-state index contributed by atoms with van der Waals surface area (Å²) >= 11 is 0. The molecule has 0 aliphatic rings. The first-order chi connectivity index (χ1) is 12.7. The van der Waals surface area contributed by atoms with Crippen molar-refractivity contribution >= 4 is 21.7 Å². The molecule has 0 saturated heterocycles. The standard InChI is InChI=1S/C20H23NO5S/c1-15(2)21(12-11-19(22)23)20(24)17-8-6-7-16(13-17)14-27(25,26)18-9-4-3-5-10-18/h3-10,13,15H,11-12,14H2,1-2H3,(H,22,23). The van der Waals surface area contributed by atoms with Crippen molar-refractivity contribution in [3.05, 3.63) is 65.7 Å². The van der Waals surface area contributed by atoms with Crippen LogP contribution in [0.4, 0.5) is 0 Å². The van der Waals surface area contributed by atoms with Crippen molar-refractivity contribution in [3.63, 3.8) is 0 Å². The Morgan fingerprint density at radius 1 is 1.04 bits per heavy atom. The molecule has 2 aromatic rings. The van der Waals surface area contributed by atoms with Gasteiger partial charge >= 0.3 is 5.97 Å². The summed E-state index contributed by atoms with van der Waals surface area (Å²) in [6.45, 7) is 3.71. The second kappa shape index (κ2) is 8.81. The average molecular weight is 389 g/mol. The third kappa shape index (κ3) is 5.65. The highest BCUT2D eigenvalue weighted by atomic mass is 32.2. The Kier molecular flexibility index (Phi) is 6.74. The molecule has 144 valence electrons. The largest absolute Gasteiger partial charge is 0.481 e. The molecule has 0 saturated carbocycles. The maximum atomic E-state index is 12.8. The van der Waals surface area contributed by atoms with Crippen LogP contribution in [0.25, 0.3) is 0 Å². The van der Waals surface area contributed by atoms with Crippen LogP contribution in [0, 0.1) is 0 Å². The summed E-state index contributed by atoms with van der Waals surface area (Å²) < 4.78 is 25.1. The zero-order valence-electron chi connectivity index (χ0n) is 15.3. The predicted octanol–water partition coefficient (Wildman–Crippen LogP) is 2.99. The van der Waals surface area contributed by atoms with E-state index in [0.29, 0.717) is 11.1 Å². The van der Waals surface area contributed by atoms with Crippen LogP contribution in [0.15, 0.2) is 59.5 Å². The van der Waals surface area contributed by atoms with E-state index in [0.717, 1.165) is 0 Å². The predicted molar refractivity (Wildman–Crippen MR) is 102 cm³/mol. The lowest BCUT2D eigenvalue weighted by atomic mass is 10.1. The highest BCUT2D eigenvalue weighted by molar-refractivity contribution is 7.90. The minimum absolute atomic E-state index is 0.0956. The average Bonchev–Trinajstić information content (AvgIpc) is 2.62. The zero-order valence-corrected chi connectivity index (χ0v) is 16.1. The van der Waals surface area contributed by atoms with Gasteiger partial charge in [0.05, 0.1) is 17.1 Å². The fourth-order valence-corrected chi connectivity index (χ4v) is 4.06. The lowest BCUT2D eigenvalue weighted by Gasteiger charge is -2.26. The number of hydrogen-bond acceptors (Lipinski definition) is 4. The molecule has 2 rings (SSSR count). The van der Waals surface area contributed by atoms with Gasteiger partial charge in [0.15, 0.2) is 9.84 Å². The van der Waals surface area contributed by atoms with Crippen molar-refractivity contribution in [2.24, 2.45) is 0 Å². The fourth-order valence-electron chi connectivity index (χ4n) is 2.70. The smallest absolute Gasteiger partial charge is 0.305 e. The molecule has 0 aromatic heterocycles. The highest BCUT2D eigenvalue weighted by Crippen LogP contribution is 2.18. The van der Waals surface area contributed by atoms with E-state index in [1.807, 2.05) is 13.8 Å². The topological polar surface area (TPSA) is 91.8 Å². The molecule has 0 fully saturated rings. The molecule has 0 aliphatic heterocycles. The van der Waals surface area contributed by atoms with Crippen LogP contribution < -0.4 is 0 Å². The fraction of sp³-hybridized carbons (Fsp3) is 0.300. The molecule has 0 atom stereocenters. The van der Waals surface area contributed by atoms with E-state index in [-0.39, 0.29) is 35.6 Å². The quantitative estimate of drug-likeness (QED) is 0.749. The second-order valence-electron chi connectivity index (χ2n) is 6.51. The summed E-state index contributed by atoms with van der Waals surface area (Å²) in [6.07, 6.45) is -0.147. The minimum atomic E-state index is -3.52. The molecule has 0 spiro atoms. The van der Waals surface area contributed by atoms with Crippen molar-refractivity contribution in [3.8, 4) is 0 Å². The Morgan fingerprint density at radius 2 is 1.70 bits per heavy atom. The van der Waals surface area contributed by atoms with Gasteiger partial charge < -0.3 is 10.0 Å². The van der Waals surface area contributed by atoms with E-state index < -0.39 is 15.8 Å². The van der Waals surface area contributed by atoms with Crippen LogP contribution in [0.1, 0.15) is 36.2 Å². The van der Waals surface area contributed by atoms with Crippen LogP contribution in [0.3, 0.4) is 0 Å². The third-order valence-electron chi connectivity index (χ3n) is 4.08. The van der Waals surface area contributed by atoms with E-state index in [1.54, 1.807) is 42.5 Å². The van der Waals surface area contributed by atoms with Crippen molar-refractivity contribution in [2.45, 2.75) is 37.0 Å². The van der Waals surface area contributed by atoms with Crippen LogP contribution in [0.5, 0.6) is 0 Å². The monoisotopic (exact) mass is 389 g/mol. The molecule has 27 heavy (non-hydrogen) atoms. The van der Waals surface area contributed by atoms with Gasteiger partial charge in [0.25, 0.3) is 5.91 Å². The second-order valence-corrected chi connectivity index (χ2v) is 8.50. The first-order valence-electron chi connectivity index (χ1n) is 8.60. The number of amides is 1. The summed E-state index contributed by atoms with van der Waals surface area (Å²) in [4.78, 5) is 25.3. The Bertz CT molecular complexity index is 907. The number of carboxylic acid groups (broad SMARTS) is 1. The summed E-state index contributed by atoms with van der Waals surface area (Å²) in [5.74, 6) is -1.50. The van der Waals surface area contributed by atoms with Crippen LogP contribution in [0.2, 0.25) is 0 Å². The van der Waals surface area contributed by atoms with Gasteiger partial charge in [-0.1, -0.05) is 30.3 Å². The molecule has 0 unspecified atom stereocenters. The number of benzene rings is 2. The number of sulfone groups is 1. The first kappa shape index (κ1) is 20.6. The molecule has 0 heterocycles. The zero-order chi connectivity index (χ0) is 20.0. The van der Waals surface area contributed by atoms with E-state index >= 15 is 0 Å². The molecule has 1 N–H and O–H groups in total. The number of nitrogens with zero attached hydrogens (tertiary/aromatic N) is 1. The molecular weight excluding hydrogens is 366 g/mol. The van der Waals surface area contributed by atoms with Crippen molar-refractivity contribution in [1.29, 1.82) is 0 Å². The summed E-state index contributed by atoms with van der Waals surface area (Å²) in [7, 11) is -3.52. The van der Waals surface area contributed by atoms with E-state index in [9.17, 15) is 18.0 Å². The molecule has 1 amide bonds. The minimum Gasteiger partial charge on any atom is -0.481 e. The van der Waals surface area contributed by atoms with Gasteiger partial charge in [0, 0.05) is 18.2 Å². The van der Waals surface area contributed by atoms with Gasteiger partial charge in [0.1, 0.15) is 0 Å². The Balaban J connectivity index is 2.23. The van der Waals surface area contributed by atoms with Crippen molar-refractivity contribution in [1.82, 2.24) is 4.90 Å². The Morgan fingerprint density at radius 3 is 2.30 bits per heavy atom. The lowest BCUT2D eigenvalue weighted by molar-refractivity contribution is -0.137. The van der Waals surface area contributed by atoms with Crippen LogP contribution in [-0.4, -0.2) is 42.9 Å². The normalized spacial score (nSPS) is 11.4. The SMILES string of the molecule is CC(C)N(CCC(=O)O)C(=O)c1cccc(CS(=O)(=O)c2ccccc2)c1. The van der Waals surface area contributed by atoms with Crippen LogP contribution in [-0.2, 0) is 20.4 Å². The third-order valence-corrected chi connectivity index (χ3v) is 5.79. The number of carbonyl (C=O) groups excluding carboxylic acids is 1.